The molecule has 0 fully saturated rings. The minimum absolute atomic E-state index is 0.0411. The van der Waals surface area contributed by atoms with Crippen molar-refractivity contribution in [1.82, 2.24) is 0 Å². The maximum absolute atomic E-state index is 11.6. The van der Waals surface area contributed by atoms with Crippen LogP contribution in [0, 0.1) is 10.1 Å². The summed E-state index contributed by atoms with van der Waals surface area (Å²) in [5, 5.41) is 10.6. The number of nitro groups is 1. The average molecular weight is 252 g/mol. The van der Waals surface area contributed by atoms with Crippen LogP contribution in [0.5, 0.6) is 0 Å². The SMILES string of the molecule is CC(C)(C)OC(=O)Cc1ccc([N+](=O)[O-])c(N)c1. The molecule has 0 aliphatic heterocycles. The number of carbonyl (C=O) groups excluding carboxylic acids is 1. The molecule has 18 heavy (non-hydrogen) atoms. The molecule has 0 aliphatic rings. The number of rotatable bonds is 3. The lowest BCUT2D eigenvalue weighted by atomic mass is 10.1. The van der Waals surface area contributed by atoms with E-state index in [1.165, 1.54) is 18.2 Å². The zero-order chi connectivity index (χ0) is 13.9. The molecule has 0 heterocycles. The Labute approximate surface area is 105 Å². The van der Waals surface area contributed by atoms with Crippen LogP contribution in [0.4, 0.5) is 11.4 Å². The van der Waals surface area contributed by atoms with E-state index in [4.69, 9.17) is 10.5 Å². The number of carbonyl (C=O) groups is 1. The van der Waals surface area contributed by atoms with Gasteiger partial charge < -0.3 is 10.5 Å². The predicted octanol–water partition coefficient (Wildman–Crippen LogP) is 2.06. The third kappa shape index (κ3) is 4.04. The summed E-state index contributed by atoms with van der Waals surface area (Å²) in [7, 11) is 0. The molecule has 0 amide bonds. The molecule has 0 saturated heterocycles. The smallest absolute Gasteiger partial charge is 0.310 e. The van der Waals surface area contributed by atoms with Gasteiger partial charge in [0.05, 0.1) is 11.3 Å². The number of benzene rings is 1. The van der Waals surface area contributed by atoms with Crippen molar-refractivity contribution >= 4 is 17.3 Å². The van der Waals surface area contributed by atoms with E-state index in [1.807, 2.05) is 0 Å². The minimum atomic E-state index is -0.563. The topological polar surface area (TPSA) is 95.5 Å². The van der Waals surface area contributed by atoms with Gasteiger partial charge in [0.15, 0.2) is 0 Å². The van der Waals surface area contributed by atoms with Gasteiger partial charge in [-0.25, -0.2) is 0 Å². The Morgan fingerprint density at radius 2 is 2.06 bits per heavy atom. The molecular weight excluding hydrogens is 236 g/mol. The average Bonchev–Trinajstić information content (AvgIpc) is 2.13. The van der Waals surface area contributed by atoms with Crippen LogP contribution in [0.1, 0.15) is 26.3 Å². The van der Waals surface area contributed by atoms with Crippen LogP contribution in [-0.2, 0) is 16.0 Å². The van der Waals surface area contributed by atoms with Crippen molar-refractivity contribution in [2.75, 3.05) is 5.73 Å². The highest BCUT2D eigenvalue weighted by molar-refractivity contribution is 5.74. The quantitative estimate of drug-likeness (QED) is 0.384. The number of nitrogen functional groups attached to an aromatic ring is 1. The number of esters is 1. The van der Waals surface area contributed by atoms with E-state index in [2.05, 4.69) is 0 Å². The third-order valence-electron chi connectivity index (χ3n) is 2.06. The van der Waals surface area contributed by atoms with Crippen molar-refractivity contribution < 1.29 is 14.5 Å². The first-order valence-electron chi connectivity index (χ1n) is 5.43. The van der Waals surface area contributed by atoms with E-state index in [9.17, 15) is 14.9 Å². The maximum atomic E-state index is 11.6. The fraction of sp³-hybridized carbons (Fsp3) is 0.417. The van der Waals surface area contributed by atoms with Crippen molar-refractivity contribution in [3.63, 3.8) is 0 Å². The normalized spacial score (nSPS) is 11.1. The Kier molecular flexibility index (Phi) is 3.90. The second-order valence-electron chi connectivity index (χ2n) is 4.91. The van der Waals surface area contributed by atoms with E-state index >= 15 is 0 Å². The number of nitro benzene ring substituents is 1. The van der Waals surface area contributed by atoms with E-state index in [0.717, 1.165) is 0 Å². The van der Waals surface area contributed by atoms with Gasteiger partial charge in [-0.2, -0.15) is 0 Å². The van der Waals surface area contributed by atoms with Crippen LogP contribution in [0.25, 0.3) is 0 Å². The summed E-state index contributed by atoms with van der Waals surface area (Å²) in [6.07, 6.45) is 0.0411. The number of nitrogens with two attached hydrogens (primary N) is 1. The second-order valence-corrected chi connectivity index (χ2v) is 4.91. The summed E-state index contributed by atoms with van der Waals surface area (Å²) in [6, 6.07) is 4.20. The first kappa shape index (κ1) is 14.0. The molecule has 1 aromatic rings. The van der Waals surface area contributed by atoms with Crippen molar-refractivity contribution in [2.45, 2.75) is 32.8 Å². The third-order valence-corrected chi connectivity index (χ3v) is 2.06. The number of nitrogens with zero attached hydrogens (tertiary/aromatic N) is 1. The number of hydrogen-bond acceptors (Lipinski definition) is 5. The molecule has 0 spiro atoms. The monoisotopic (exact) mass is 252 g/mol. The van der Waals surface area contributed by atoms with E-state index in [1.54, 1.807) is 20.8 Å². The fourth-order valence-electron chi connectivity index (χ4n) is 1.42. The number of ether oxygens (including phenoxy) is 1. The first-order valence-corrected chi connectivity index (χ1v) is 5.43. The van der Waals surface area contributed by atoms with Gasteiger partial charge in [-0.1, -0.05) is 6.07 Å². The molecular formula is C12H16N2O4. The van der Waals surface area contributed by atoms with Crippen LogP contribution in [0.15, 0.2) is 18.2 Å². The molecule has 0 radical (unpaired) electrons. The maximum Gasteiger partial charge on any atom is 0.310 e. The van der Waals surface area contributed by atoms with Gasteiger partial charge in [0.25, 0.3) is 5.69 Å². The lowest BCUT2D eigenvalue weighted by Crippen LogP contribution is -2.24. The first-order chi connectivity index (χ1) is 8.19. The van der Waals surface area contributed by atoms with E-state index in [0.29, 0.717) is 5.56 Å². The molecule has 0 aliphatic carbocycles. The van der Waals surface area contributed by atoms with E-state index in [-0.39, 0.29) is 17.8 Å². The van der Waals surface area contributed by atoms with Gasteiger partial charge >= 0.3 is 5.97 Å². The molecule has 0 saturated carbocycles. The van der Waals surface area contributed by atoms with Crippen molar-refractivity contribution in [1.29, 1.82) is 0 Å². The zero-order valence-electron chi connectivity index (χ0n) is 10.6. The van der Waals surface area contributed by atoms with Crippen molar-refractivity contribution in [3.05, 3.63) is 33.9 Å². The number of hydrogen-bond donors (Lipinski definition) is 1. The van der Waals surface area contributed by atoms with Gasteiger partial charge in [0, 0.05) is 6.07 Å². The van der Waals surface area contributed by atoms with Crippen LogP contribution in [0.2, 0.25) is 0 Å². The highest BCUT2D eigenvalue weighted by Crippen LogP contribution is 2.22. The summed E-state index contributed by atoms with van der Waals surface area (Å²) in [6.45, 7) is 5.32. The molecule has 98 valence electrons. The fourth-order valence-corrected chi connectivity index (χ4v) is 1.42. The Morgan fingerprint density at radius 3 is 2.50 bits per heavy atom. The van der Waals surface area contributed by atoms with Crippen LogP contribution < -0.4 is 5.73 Å². The van der Waals surface area contributed by atoms with Crippen LogP contribution >= 0.6 is 0 Å². The van der Waals surface area contributed by atoms with Crippen molar-refractivity contribution in [3.8, 4) is 0 Å². The standard InChI is InChI=1S/C12H16N2O4/c1-12(2,3)18-11(15)7-8-4-5-10(14(16)17)9(13)6-8/h4-6H,7,13H2,1-3H3. The summed E-state index contributed by atoms with van der Waals surface area (Å²) >= 11 is 0. The zero-order valence-corrected chi connectivity index (χ0v) is 10.6. The van der Waals surface area contributed by atoms with Crippen LogP contribution in [-0.4, -0.2) is 16.5 Å². The van der Waals surface area contributed by atoms with Gasteiger partial charge in [0.1, 0.15) is 11.3 Å². The predicted molar refractivity (Wildman–Crippen MR) is 67.1 cm³/mol. The molecule has 0 unspecified atom stereocenters. The second kappa shape index (κ2) is 5.03. The molecule has 0 aromatic heterocycles. The molecule has 6 nitrogen and oxygen atoms in total. The lowest BCUT2D eigenvalue weighted by Gasteiger charge is -2.19. The molecule has 2 N–H and O–H groups in total. The van der Waals surface area contributed by atoms with Gasteiger partial charge in [-0.05, 0) is 32.4 Å². The molecule has 6 heteroatoms. The Bertz CT molecular complexity index is 477. The highest BCUT2D eigenvalue weighted by Gasteiger charge is 2.18. The highest BCUT2D eigenvalue weighted by atomic mass is 16.6. The summed E-state index contributed by atoms with van der Waals surface area (Å²) in [5.41, 5.74) is 5.45. The van der Waals surface area contributed by atoms with Gasteiger partial charge in [0.2, 0.25) is 0 Å². The van der Waals surface area contributed by atoms with Gasteiger partial charge in [-0.3, -0.25) is 14.9 Å². The molecule has 0 atom stereocenters. The molecule has 1 aromatic carbocycles. The van der Waals surface area contributed by atoms with Gasteiger partial charge in [-0.15, -0.1) is 0 Å². The largest absolute Gasteiger partial charge is 0.460 e. The van der Waals surface area contributed by atoms with Crippen molar-refractivity contribution in [2.24, 2.45) is 0 Å². The lowest BCUT2D eigenvalue weighted by molar-refractivity contribution is -0.383. The Balaban J connectivity index is 2.78. The summed E-state index contributed by atoms with van der Waals surface area (Å²) in [5.74, 6) is -0.393. The van der Waals surface area contributed by atoms with E-state index < -0.39 is 16.5 Å². The Morgan fingerprint density at radius 1 is 1.44 bits per heavy atom. The summed E-state index contributed by atoms with van der Waals surface area (Å²) in [4.78, 5) is 21.6. The number of anilines is 1. The minimum Gasteiger partial charge on any atom is -0.460 e. The Hall–Kier alpha value is -2.11. The van der Waals surface area contributed by atoms with Crippen LogP contribution in [0.3, 0.4) is 0 Å². The molecule has 0 bridgehead atoms. The molecule has 1 rings (SSSR count). The summed E-state index contributed by atoms with van der Waals surface area (Å²) < 4.78 is 5.15.